The molecule has 4 N–H and O–H groups in total. The Bertz CT molecular complexity index is 1560. The van der Waals surface area contributed by atoms with Crippen molar-refractivity contribution in [2.24, 2.45) is 0 Å². The molecule has 36 heavy (non-hydrogen) atoms. The third-order valence-electron chi connectivity index (χ3n) is 6.03. The van der Waals surface area contributed by atoms with Crippen LogP contribution >= 0.6 is 0 Å². The predicted octanol–water partition coefficient (Wildman–Crippen LogP) is 4.03. The molecule has 0 saturated carbocycles. The second kappa shape index (κ2) is 8.74. The van der Waals surface area contributed by atoms with Crippen LogP contribution in [0, 0.1) is 6.92 Å². The molecule has 1 aliphatic heterocycles. The van der Waals surface area contributed by atoms with E-state index in [1.807, 2.05) is 66.2 Å². The van der Waals surface area contributed by atoms with Crippen LogP contribution < -0.4 is 25.2 Å². The summed E-state index contributed by atoms with van der Waals surface area (Å²) in [4.78, 5) is 13.2. The van der Waals surface area contributed by atoms with Crippen molar-refractivity contribution in [1.29, 1.82) is 0 Å². The van der Waals surface area contributed by atoms with Crippen LogP contribution in [-0.2, 0) is 4.74 Å². The number of nitrogens with one attached hydrogen (secondary N) is 4. The van der Waals surface area contributed by atoms with Gasteiger partial charge in [0.25, 0.3) is 0 Å². The first kappa shape index (κ1) is 22.2. The summed E-state index contributed by atoms with van der Waals surface area (Å²) >= 11 is 0. The number of nitrogens with zero attached hydrogens (tertiary/aromatic N) is 4. The van der Waals surface area contributed by atoms with Crippen molar-refractivity contribution in [2.75, 3.05) is 17.2 Å². The fourth-order valence-electron chi connectivity index (χ4n) is 4.21. The molecule has 0 spiro atoms. The minimum absolute atomic E-state index is 0.0667. The van der Waals surface area contributed by atoms with Crippen molar-refractivity contribution in [2.45, 2.75) is 32.7 Å². The summed E-state index contributed by atoms with van der Waals surface area (Å²) in [6.07, 6.45) is 4.83. The lowest BCUT2D eigenvalue weighted by atomic mass is 10.1. The zero-order valence-electron chi connectivity index (χ0n) is 20.2. The van der Waals surface area contributed by atoms with E-state index in [2.05, 4.69) is 49.8 Å². The summed E-state index contributed by atoms with van der Waals surface area (Å²) in [5, 5.41) is 14.2. The molecular formula is C26H27N8O2+. The van der Waals surface area contributed by atoms with Gasteiger partial charge in [-0.05, 0) is 67.7 Å². The minimum Gasteiger partial charge on any atom is -0.457 e. The molecule has 0 bridgehead atoms. The van der Waals surface area contributed by atoms with Gasteiger partial charge in [0.1, 0.15) is 29.8 Å². The highest BCUT2D eigenvalue weighted by Gasteiger charge is 2.30. The van der Waals surface area contributed by atoms with Gasteiger partial charge in [-0.15, -0.1) is 4.52 Å². The molecule has 10 nitrogen and oxygen atoms in total. The van der Waals surface area contributed by atoms with E-state index in [9.17, 15) is 0 Å². The Hall–Kier alpha value is -4.28. The van der Waals surface area contributed by atoms with E-state index in [1.165, 1.54) is 0 Å². The van der Waals surface area contributed by atoms with Crippen LogP contribution in [0.2, 0.25) is 0 Å². The summed E-state index contributed by atoms with van der Waals surface area (Å²) in [5.74, 6) is 2.21. The first-order valence-electron chi connectivity index (χ1n) is 11.7. The molecule has 2 aromatic carbocycles. The van der Waals surface area contributed by atoms with Gasteiger partial charge >= 0.3 is 5.65 Å². The van der Waals surface area contributed by atoms with Crippen LogP contribution in [0.5, 0.6) is 11.5 Å². The van der Waals surface area contributed by atoms with E-state index >= 15 is 0 Å². The summed E-state index contributed by atoms with van der Waals surface area (Å²) in [5.41, 5.74) is 4.38. The molecule has 6 rings (SSSR count). The number of aromatic amines is 1. The smallest absolute Gasteiger partial charge is 0.351 e. The Kier molecular flexibility index (Phi) is 5.39. The molecule has 4 heterocycles. The fraction of sp³-hybridized carbons (Fsp3) is 0.231. The molecule has 1 fully saturated rings. The van der Waals surface area contributed by atoms with Gasteiger partial charge < -0.3 is 20.1 Å². The zero-order chi connectivity index (χ0) is 24.7. The van der Waals surface area contributed by atoms with Gasteiger partial charge in [0, 0.05) is 28.4 Å². The van der Waals surface area contributed by atoms with Crippen LogP contribution in [0.1, 0.15) is 19.4 Å². The van der Waals surface area contributed by atoms with E-state index in [0.717, 1.165) is 50.8 Å². The van der Waals surface area contributed by atoms with Crippen molar-refractivity contribution in [3.63, 3.8) is 0 Å². The summed E-state index contributed by atoms with van der Waals surface area (Å²) in [6.45, 7) is 6.88. The minimum atomic E-state index is -0.249. The Balaban J connectivity index is 1.22. The number of H-pyrrole nitrogens is 1. The fourth-order valence-corrected chi connectivity index (χ4v) is 4.21. The van der Waals surface area contributed by atoms with Crippen LogP contribution in [0.15, 0.2) is 67.4 Å². The molecule has 0 radical (unpaired) electrons. The van der Waals surface area contributed by atoms with Gasteiger partial charge in [0.15, 0.2) is 6.35 Å². The maximum Gasteiger partial charge on any atom is 0.351 e. The van der Waals surface area contributed by atoms with Gasteiger partial charge in [-0.1, -0.05) is 0 Å². The maximum atomic E-state index is 6.11. The van der Waals surface area contributed by atoms with Crippen molar-refractivity contribution in [1.82, 2.24) is 25.4 Å². The Morgan fingerprint density at radius 1 is 1.06 bits per heavy atom. The van der Waals surface area contributed by atoms with E-state index in [0.29, 0.717) is 6.61 Å². The molecule has 0 aliphatic carbocycles. The van der Waals surface area contributed by atoms with Crippen LogP contribution in [0.25, 0.3) is 16.6 Å². The van der Waals surface area contributed by atoms with E-state index < -0.39 is 0 Å². The number of aromatic nitrogens is 5. The topological polar surface area (TPSA) is 113 Å². The van der Waals surface area contributed by atoms with Gasteiger partial charge in [0.05, 0.1) is 18.2 Å². The summed E-state index contributed by atoms with van der Waals surface area (Å²) in [7, 11) is 0. The average molecular weight is 484 g/mol. The Labute approximate surface area is 207 Å². The highest BCUT2D eigenvalue weighted by atomic mass is 16.5. The van der Waals surface area contributed by atoms with Crippen LogP contribution in [0.4, 0.5) is 17.2 Å². The molecule has 0 amide bonds. The second-order valence-corrected chi connectivity index (χ2v) is 9.50. The zero-order valence-corrected chi connectivity index (χ0v) is 20.2. The number of benzene rings is 2. The van der Waals surface area contributed by atoms with E-state index in [-0.39, 0.29) is 11.9 Å². The lowest BCUT2D eigenvalue weighted by molar-refractivity contribution is -0.577. The molecule has 1 aliphatic rings. The third kappa shape index (κ3) is 4.51. The molecule has 3 aromatic heterocycles. The lowest BCUT2D eigenvalue weighted by Crippen LogP contribution is -2.42. The summed E-state index contributed by atoms with van der Waals surface area (Å²) < 4.78 is 13.7. The maximum absolute atomic E-state index is 6.11. The number of hydrogen-bond donors (Lipinski definition) is 4. The highest BCUT2D eigenvalue weighted by Crippen LogP contribution is 2.31. The SMILES string of the molecule is Cc1cc(Nc2ncnc3ccc(NC4NC(C)(C)CO4)cc23)ccc1Oc1cc[n+]2[nH]cnc2c1. The monoisotopic (exact) mass is 483 g/mol. The largest absolute Gasteiger partial charge is 0.457 e. The first-order chi connectivity index (χ1) is 17.4. The molecule has 1 atom stereocenters. The Morgan fingerprint density at radius 2 is 1.94 bits per heavy atom. The van der Waals surface area contributed by atoms with E-state index in [1.54, 1.807) is 12.7 Å². The lowest BCUT2D eigenvalue weighted by Gasteiger charge is -2.19. The first-order valence-corrected chi connectivity index (χ1v) is 11.7. The Morgan fingerprint density at radius 3 is 2.78 bits per heavy atom. The van der Waals surface area contributed by atoms with Crippen molar-refractivity contribution < 1.29 is 14.0 Å². The van der Waals surface area contributed by atoms with Crippen molar-refractivity contribution in [3.8, 4) is 11.5 Å². The number of rotatable bonds is 6. The predicted molar refractivity (Wildman–Crippen MR) is 136 cm³/mol. The molecular weight excluding hydrogens is 456 g/mol. The number of aryl methyl sites for hydroxylation is 1. The van der Waals surface area contributed by atoms with Gasteiger partial charge in [-0.25, -0.2) is 9.97 Å². The number of pyridine rings is 1. The number of hydrogen-bond acceptors (Lipinski definition) is 8. The van der Waals surface area contributed by atoms with Crippen LogP contribution in [-0.4, -0.2) is 38.5 Å². The number of ether oxygens (including phenoxy) is 2. The molecule has 182 valence electrons. The number of fused-ring (bicyclic) bond motifs is 2. The van der Waals surface area contributed by atoms with Crippen molar-refractivity contribution >= 4 is 33.7 Å². The molecule has 1 saturated heterocycles. The second-order valence-electron chi connectivity index (χ2n) is 9.50. The third-order valence-corrected chi connectivity index (χ3v) is 6.03. The van der Waals surface area contributed by atoms with Crippen LogP contribution in [0.3, 0.4) is 0 Å². The average Bonchev–Trinajstić information content (AvgIpc) is 3.46. The van der Waals surface area contributed by atoms with Gasteiger partial charge in [-0.2, -0.15) is 5.10 Å². The molecule has 1 unspecified atom stereocenters. The highest BCUT2D eigenvalue weighted by molar-refractivity contribution is 5.93. The number of anilines is 3. The summed E-state index contributed by atoms with van der Waals surface area (Å²) in [6, 6.07) is 15.7. The quantitative estimate of drug-likeness (QED) is 0.268. The van der Waals surface area contributed by atoms with E-state index in [4.69, 9.17) is 9.47 Å². The van der Waals surface area contributed by atoms with Gasteiger partial charge in [-0.3, -0.25) is 5.32 Å². The molecule has 10 heteroatoms. The molecule has 5 aromatic rings. The normalized spacial score (nSPS) is 16.9. The van der Waals surface area contributed by atoms with Gasteiger partial charge in [0.2, 0.25) is 6.33 Å². The van der Waals surface area contributed by atoms with Crippen molar-refractivity contribution in [3.05, 3.63) is 72.9 Å². The standard InChI is InChI=1S/C26H26N8O2/c1-16-10-17(5-7-22(16)36-19-8-9-34-23(12-19)28-15-30-34)31-24-20-11-18(4-6-21(20)27-14-29-24)32-25-33-26(2,3)13-35-25/h4-12,14-15,25,32-33H,13H2,1-3H3,(H,27,29,31)/p+1.